The molecule has 0 radical (unpaired) electrons. The van der Waals surface area contributed by atoms with E-state index in [9.17, 15) is 14.7 Å². The largest absolute Gasteiger partial charge is 0.503 e. The summed E-state index contributed by atoms with van der Waals surface area (Å²) in [6.45, 7) is 2.16. The third-order valence-electron chi connectivity index (χ3n) is 5.88. The van der Waals surface area contributed by atoms with Gasteiger partial charge in [-0.2, -0.15) is 0 Å². The van der Waals surface area contributed by atoms with E-state index >= 15 is 0 Å². The van der Waals surface area contributed by atoms with Crippen molar-refractivity contribution >= 4 is 23.3 Å². The van der Waals surface area contributed by atoms with Crippen LogP contribution in [0.3, 0.4) is 0 Å². The first-order chi connectivity index (χ1) is 14.9. The highest BCUT2D eigenvalue weighted by atomic mass is 35.5. The maximum Gasteiger partial charge on any atom is 0.225 e. The van der Waals surface area contributed by atoms with Gasteiger partial charge in [-0.25, -0.2) is 0 Å². The smallest absolute Gasteiger partial charge is 0.225 e. The van der Waals surface area contributed by atoms with Crippen LogP contribution in [0.2, 0.25) is 5.02 Å². The normalized spacial score (nSPS) is 20.9. The van der Waals surface area contributed by atoms with Gasteiger partial charge in [-0.3, -0.25) is 9.59 Å². The Morgan fingerprint density at radius 1 is 1.10 bits per heavy atom. The molecule has 0 saturated heterocycles. The van der Waals surface area contributed by atoms with Crippen molar-refractivity contribution in [3.8, 4) is 17.2 Å². The first-order valence-corrected chi connectivity index (χ1v) is 10.6. The monoisotopic (exact) mass is 441 g/mol. The summed E-state index contributed by atoms with van der Waals surface area (Å²) in [6.07, 6.45) is 1.08. The number of phenols is 1. The second-order valence-electron chi connectivity index (χ2n) is 7.78. The predicted molar refractivity (Wildman–Crippen MR) is 117 cm³/mol. The highest BCUT2D eigenvalue weighted by Crippen LogP contribution is 2.45. The van der Waals surface area contributed by atoms with Crippen molar-refractivity contribution in [1.82, 2.24) is 5.32 Å². The zero-order valence-corrected chi connectivity index (χ0v) is 18.2. The second-order valence-corrected chi connectivity index (χ2v) is 8.19. The molecular weight excluding hydrogens is 418 g/mol. The van der Waals surface area contributed by atoms with Gasteiger partial charge in [0.25, 0.3) is 0 Å². The number of ketones is 1. The Balaban J connectivity index is 1.70. The molecule has 0 saturated carbocycles. The van der Waals surface area contributed by atoms with Gasteiger partial charge in [0.2, 0.25) is 5.91 Å². The van der Waals surface area contributed by atoms with E-state index in [4.69, 9.17) is 21.1 Å². The number of carbonyl (C=O) groups excluding carboxylic acids is 2. The van der Waals surface area contributed by atoms with Gasteiger partial charge in [0, 0.05) is 30.0 Å². The van der Waals surface area contributed by atoms with Gasteiger partial charge in [-0.05, 0) is 54.7 Å². The van der Waals surface area contributed by atoms with Crippen LogP contribution in [0.1, 0.15) is 49.1 Å². The van der Waals surface area contributed by atoms with Crippen molar-refractivity contribution in [2.45, 2.75) is 38.0 Å². The lowest BCUT2D eigenvalue weighted by Crippen LogP contribution is -2.38. The molecule has 1 aliphatic heterocycles. The number of hydrogen-bond acceptors (Lipinski definition) is 5. The SMILES string of the molecule is CCOc1cc(C2CC(=O)NC3=C2C(=O)CC(c2ccc(OC)cc2)C3)cc(Cl)c1O. The minimum Gasteiger partial charge on any atom is -0.503 e. The van der Waals surface area contributed by atoms with Gasteiger partial charge >= 0.3 is 0 Å². The van der Waals surface area contributed by atoms with E-state index in [-0.39, 0.29) is 40.6 Å². The van der Waals surface area contributed by atoms with Gasteiger partial charge in [-0.15, -0.1) is 0 Å². The minimum absolute atomic E-state index is 0.00854. The van der Waals surface area contributed by atoms with Crippen molar-refractivity contribution in [3.63, 3.8) is 0 Å². The molecule has 0 bridgehead atoms. The Morgan fingerprint density at radius 2 is 1.84 bits per heavy atom. The second kappa shape index (κ2) is 8.63. The summed E-state index contributed by atoms with van der Waals surface area (Å²) in [7, 11) is 1.61. The number of aromatic hydroxyl groups is 1. The summed E-state index contributed by atoms with van der Waals surface area (Å²) in [4.78, 5) is 25.8. The van der Waals surface area contributed by atoms with Crippen LogP contribution in [-0.4, -0.2) is 30.5 Å². The fraction of sp³-hybridized carbons (Fsp3) is 0.333. The number of hydrogen-bond donors (Lipinski definition) is 2. The summed E-state index contributed by atoms with van der Waals surface area (Å²) in [5.74, 6) is 0.284. The first-order valence-electron chi connectivity index (χ1n) is 10.3. The van der Waals surface area contributed by atoms with Gasteiger partial charge in [0.05, 0.1) is 18.7 Å². The minimum atomic E-state index is -0.426. The molecule has 2 unspecified atom stereocenters. The van der Waals surface area contributed by atoms with E-state index in [0.717, 1.165) is 11.3 Å². The summed E-state index contributed by atoms with van der Waals surface area (Å²) < 4.78 is 10.7. The number of methoxy groups -OCH3 is 1. The summed E-state index contributed by atoms with van der Waals surface area (Å²) >= 11 is 6.21. The van der Waals surface area contributed by atoms with Gasteiger partial charge < -0.3 is 19.9 Å². The van der Waals surface area contributed by atoms with E-state index in [1.165, 1.54) is 0 Å². The molecule has 4 rings (SSSR count). The molecule has 6 nitrogen and oxygen atoms in total. The summed E-state index contributed by atoms with van der Waals surface area (Å²) in [6, 6.07) is 10.9. The molecule has 31 heavy (non-hydrogen) atoms. The van der Waals surface area contributed by atoms with Crippen LogP contribution in [0.5, 0.6) is 17.2 Å². The van der Waals surface area contributed by atoms with E-state index in [2.05, 4.69) is 5.32 Å². The van der Waals surface area contributed by atoms with Crippen LogP contribution in [0.25, 0.3) is 0 Å². The van der Waals surface area contributed by atoms with Crippen molar-refractivity contribution in [2.24, 2.45) is 0 Å². The third kappa shape index (κ3) is 4.12. The lowest BCUT2D eigenvalue weighted by atomic mass is 9.73. The number of halogens is 1. The highest BCUT2D eigenvalue weighted by molar-refractivity contribution is 6.32. The molecule has 7 heteroatoms. The number of ether oxygens (including phenoxy) is 2. The Hall–Kier alpha value is -2.99. The van der Waals surface area contributed by atoms with Crippen LogP contribution < -0.4 is 14.8 Å². The Labute approximate surface area is 185 Å². The fourth-order valence-electron chi connectivity index (χ4n) is 4.42. The van der Waals surface area contributed by atoms with Crippen LogP contribution >= 0.6 is 11.6 Å². The van der Waals surface area contributed by atoms with Crippen molar-refractivity contribution in [2.75, 3.05) is 13.7 Å². The average Bonchev–Trinajstić information content (AvgIpc) is 2.76. The molecule has 1 amide bonds. The lowest BCUT2D eigenvalue weighted by molar-refractivity contribution is -0.122. The van der Waals surface area contributed by atoms with Crippen LogP contribution in [-0.2, 0) is 9.59 Å². The number of carbonyl (C=O) groups is 2. The molecule has 2 N–H and O–H groups in total. The van der Waals surface area contributed by atoms with Gasteiger partial charge in [-0.1, -0.05) is 23.7 Å². The van der Waals surface area contributed by atoms with Gasteiger partial charge in [0.15, 0.2) is 17.3 Å². The lowest BCUT2D eigenvalue weighted by Gasteiger charge is -2.34. The molecule has 162 valence electrons. The molecule has 1 heterocycles. The number of rotatable bonds is 5. The van der Waals surface area contributed by atoms with Crippen molar-refractivity contribution < 1.29 is 24.2 Å². The molecular formula is C24H24ClNO5. The fourth-order valence-corrected chi connectivity index (χ4v) is 4.64. The molecule has 2 aromatic rings. The van der Waals surface area contributed by atoms with E-state index < -0.39 is 5.92 Å². The summed E-state index contributed by atoms with van der Waals surface area (Å²) in [5, 5.41) is 13.2. The molecule has 2 aliphatic rings. The number of allylic oxidation sites excluding steroid dienone is 2. The number of phenolic OH excluding ortho intramolecular Hbond substituents is 1. The van der Waals surface area contributed by atoms with Crippen LogP contribution in [0.4, 0.5) is 0 Å². The number of Topliss-reactive ketones (excluding diaryl/α,β-unsaturated/α-hetero) is 1. The zero-order chi connectivity index (χ0) is 22.1. The van der Waals surface area contributed by atoms with Gasteiger partial charge in [0.1, 0.15) is 5.75 Å². The Kier molecular flexibility index (Phi) is 5.92. The van der Waals surface area contributed by atoms with Crippen molar-refractivity contribution in [3.05, 3.63) is 63.8 Å². The summed E-state index contributed by atoms with van der Waals surface area (Å²) in [5.41, 5.74) is 3.00. The average molecular weight is 442 g/mol. The molecule has 1 aliphatic carbocycles. The molecule has 2 atom stereocenters. The van der Waals surface area contributed by atoms with E-state index in [1.54, 1.807) is 26.2 Å². The standard InChI is InChI=1S/C24H24ClNO5/c1-3-31-21-11-15(8-18(25)24(21)29)17-12-22(28)26-19-9-14(10-20(27)23(17)19)13-4-6-16(30-2)7-5-13/h4-8,11,14,17,29H,3,9-10,12H2,1-2H3,(H,26,28). The van der Waals surface area contributed by atoms with Crippen LogP contribution in [0, 0.1) is 0 Å². The number of nitrogens with one attached hydrogen (secondary N) is 1. The van der Waals surface area contributed by atoms with Crippen LogP contribution in [0.15, 0.2) is 47.7 Å². The maximum absolute atomic E-state index is 13.2. The molecule has 0 spiro atoms. The number of benzene rings is 2. The molecule has 2 aromatic carbocycles. The topological polar surface area (TPSA) is 84.9 Å². The third-order valence-corrected chi connectivity index (χ3v) is 6.16. The maximum atomic E-state index is 13.2. The van der Waals surface area contributed by atoms with Crippen molar-refractivity contribution in [1.29, 1.82) is 0 Å². The molecule has 0 fully saturated rings. The highest BCUT2D eigenvalue weighted by Gasteiger charge is 2.38. The quantitative estimate of drug-likeness (QED) is 0.715. The molecule has 0 aromatic heterocycles. The first kappa shape index (κ1) is 21.2. The number of amides is 1. The Bertz CT molecular complexity index is 1060. The van der Waals surface area contributed by atoms with E-state index in [1.807, 2.05) is 24.3 Å². The zero-order valence-electron chi connectivity index (χ0n) is 17.4. The predicted octanol–water partition coefficient (Wildman–Crippen LogP) is 4.46. The van der Waals surface area contributed by atoms with E-state index in [0.29, 0.717) is 36.3 Å². The Morgan fingerprint density at radius 3 is 2.52 bits per heavy atom.